The van der Waals surface area contributed by atoms with Crippen molar-refractivity contribution in [2.45, 2.75) is 58.4 Å². The Morgan fingerprint density at radius 2 is 2.00 bits per heavy atom. The quantitative estimate of drug-likeness (QED) is 0.544. The summed E-state index contributed by atoms with van der Waals surface area (Å²) in [6.45, 7) is 4.56. The standard InChI is InChI=1S/C23H32N4O3/c1-4-5-6-7-14-26(19-10-8-17(2)9-11-19)23(30)27-16-20(28)25(3)21(22(27)29)18-12-13-24-15-18/h8,11-13,15,21,24H,4-7,9-10,14,16H2,1-3H3. The van der Waals surface area contributed by atoms with Crippen LogP contribution in [0.5, 0.6) is 0 Å². The number of hydrogen-bond donors (Lipinski definition) is 1. The minimum atomic E-state index is -0.786. The average molecular weight is 413 g/mol. The van der Waals surface area contributed by atoms with Crippen molar-refractivity contribution in [2.24, 2.45) is 0 Å². The summed E-state index contributed by atoms with van der Waals surface area (Å²) in [6.07, 6.45) is 13.2. The molecule has 1 atom stereocenters. The summed E-state index contributed by atoms with van der Waals surface area (Å²) in [7, 11) is 1.61. The molecule has 7 heteroatoms. The lowest BCUT2D eigenvalue weighted by atomic mass is 10.0. The van der Waals surface area contributed by atoms with Crippen molar-refractivity contribution >= 4 is 17.8 Å². The zero-order chi connectivity index (χ0) is 21.7. The number of imide groups is 1. The number of nitrogens with one attached hydrogen (secondary N) is 1. The van der Waals surface area contributed by atoms with Crippen molar-refractivity contribution in [1.82, 2.24) is 19.7 Å². The fourth-order valence-electron chi connectivity index (χ4n) is 3.97. The number of likely N-dealkylation sites (N-methyl/N-ethyl adjacent to an activating group) is 1. The summed E-state index contributed by atoms with van der Waals surface area (Å²) >= 11 is 0. The van der Waals surface area contributed by atoms with Gasteiger partial charge >= 0.3 is 6.03 Å². The number of allylic oxidation sites excluding steroid dienone is 3. The Bertz CT molecular complexity index is 841. The molecule has 162 valence electrons. The third-order valence-corrected chi connectivity index (χ3v) is 5.87. The normalized spacial score (nSPS) is 19.6. The number of aromatic amines is 1. The van der Waals surface area contributed by atoms with Gasteiger partial charge in [-0.15, -0.1) is 0 Å². The van der Waals surface area contributed by atoms with Gasteiger partial charge in [-0.2, -0.15) is 0 Å². The van der Waals surface area contributed by atoms with Crippen LogP contribution in [0, 0.1) is 0 Å². The highest BCUT2D eigenvalue weighted by molar-refractivity contribution is 6.05. The van der Waals surface area contributed by atoms with Crippen LogP contribution in [0.15, 0.2) is 41.9 Å². The smallest absolute Gasteiger partial charge is 0.331 e. The number of carbonyl (C=O) groups is 3. The van der Waals surface area contributed by atoms with E-state index in [4.69, 9.17) is 0 Å². The highest BCUT2D eigenvalue weighted by Crippen LogP contribution is 2.28. The molecule has 0 radical (unpaired) electrons. The van der Waals surface area contributed by atoms with E-state index in [0.717, 1.165) is 42.7 Å². The molecular formula is C23H32N4O3. The van der Waals surface area contributed by atoms with E-state index in [0.29, 0.717) is 18.5 Å². The Balaban J connectivity index is 1.83. The molecule has 1 saturated heterocycles. The maximum absolute atomic E-state index is 13.5. The van der Waals surface area contributed by atoms with Gasteiger partial charge in [-0.1, -0.05) is 43.9 Å². The molecule has 1 aliphatic heterocycles. The maximum atomic E-state index is 13.5. The van der Waals surface area contributed by atoms with E-state index in [1.54, 1.807) is 30.4 Å². The number of amides is 4. The van der Waals surface area contributed by atoms with Gasteiger partial charge in [0.15, 0.2) is 0 Å². The van der Waals surface area contributed by atoms with Crippen LogP contribution in [0.3, 0.4) is 0 Å². The molecule has 1 unspecified atom stereocenters. The molecule has 3 rings (SSSR count). The Kier molecular flexibility index (Phi) is 7.13. The third kappa shape index (κ3) is 4.66. The highest BCUT2D eigenvalue weighted by atomic mass is 16.2. The number of hydrogen-bond acceptors (Lipinski definition) is 3. The second-order valence-electron chi connectivity index (χ2n) is 8.12. The third-order valence-electron chi connectivity index (χ3n) is 5.87. The van der Waals surface area contributed by atoms with Crippen LogP contribution in [0.1, 0.15) is 64.0 Å². The van der Waals surface area contributed by atoms with Crippen LogP contribution in [0.25, 0.3) is 0 Å². The summed E-state index contributed by atoms with van der Waals surface area (Å²) in [5.41, 5.74) is 2.87. The number of carbonyl (C=O) groups excluding carboxylic acids is 3. The molecule has 0 aromatic carbocycles. The molecule has 1 N–H and O–H groups in total. The average Bonchev–Trinajstić information content (AvgIpc) is 3.26. The van der Waals surface area contributed by atoms with E-state index in [1.165, 1.54) is 10.5 Å². The molecule has 1 fully saturated rings. The second-order valence-corrected chi connectivity index (χ2v) is 8.12. The fraction of sp³-hybridized carbons (Fsp3) is 0.522. The van der Waals surface area contributed by atoms with E-state index in [-0.39, 0.29) is 18.4 Å². The van der Waals surface area contributed by atoms with Crippen LogP contribution in [0.4, 0.5) is 4.79 Å². The van der Waals surface area contributed by atoms with Crippen molar-refractivity contribution in [3.05, 3.63) is 47.4 Å². The van der Waals surface area contributed by atoms with Gasteiger partial charge in [0.25, 0.3) is 5.91 Å². The van der Waals surface area contributed by atoms with Crippen molar-refractivity contribution in [3.8, 4) is 0 Å². The molecule has 7 nitrogen and oxygen atoms in total. The van der Waals surface area contributed by atoms with Crippen molar-refractivity contribution in [3.63, 3.8) is 0 Å². The summed E-state index contributed by atoms with van der Waals surface area (Å²) in [4.78, 5) is 46.6. The fourth-order valence-corrected chi connectivity index (χ4v) is 3.97. The van der Waals surface area contributed by atoms with Crippen molar-refractivity contribution in [1.29, 1.82) is 0 Å². The second kappa shape index (κ2) is 9.78. The molecule has 0 saturated carbocycles. The summed E-state index contributed by atoms with van der Waals surface area (Å²) in [5, 5.41) is 0. The van der Waals surface area contributed by atoms with E-state index in [9.17, 15) is 14.4 Å². The molecule has 30 heavy (non-hydrogen) atoms. The number of unbranched alkanes of at least 4 members (excludes halogenated alkanes) is 3. The van der Waals surface area contributed by atoms with Crippen LogP contribution in [-0.2, 0) is 9.59 Å². The predicted molar refractivity (Wildman–Crippen MR) is 115 cm³/mol. The molecular weight excluding hydrogens is 380 g/mol. The first-order valence-corrected chi connectivity index (χ1v) is 10.8. The van der Waals surface area contributed by atoms with Gasteiger partial charge in [0, 0.05) is 43.7 Å². The first kappa shape index (κ1) is 21.9. The van der Waals surface area contributed by atoms with Gasteiger partial charge in [0.1, 0.15) is 12.6 Å². The molecule has 2 heterocycles. The van der Waals surface area contributed by atoms with Gasteiger partial charge < -0.3 is 9.88 Å². The topological polar surface area (TPSA) is 76.7 Å². The highest BCUT2D eigenvalue weighted by Gasteiger charge is 2.43. The Hall–Kier alpha value is -2.83. The molecule has 1 aromatic rings. The monoisotopic (exact) mass is 412 g/mol. The van der Waals surface area contributed by atoms with Crippen molar-refractivity contribution < 1.29 is 14.4 Å². The number of nitrogens with zero attached hydrogens (tertiary/aromatic N) is 3. The zero-order valence-corrected chi connectivity index (χ0v) is 18.2. The molecule has 0 spiro atoms. The van der Waals surface area contributed by atoms with E-state index >= 15 is 0 Å². The van der Waals surface area contributed by atoms with E-state index < -0.39 is 12.1 Å². The van der Waals surface area contributed by atoms with Gasteiger partial charge in [-0.3, -0.25) is 19.4 Å². The Labute approximate surface area is 178 Å². The maximum Gasteiger partial charge on any atom is 0.331 e. The van der Waals surface area contributed by atoms with Gasteiger partial charge in [0.2, 0.25) is 5.91 Å². The van der Waals surface area contributed by atoms with Gasteiger partial charge in [-0.05, 0) is 25.8 Å². The largest absolute Gasteiger partial charge is 0.367 e. The SMILES string of the molecule is CCCCCCN(C(=O)N1CC(=O)N(C)C(c2cc[nH]c2)C1=O)C1=CCC(C)=CC1. The van der Waals surface area contributed by atoms with Crippen LogP contribution in [-0.4, -0.2) is 57.7 Å². The number of piperazine rings is 1. The predicted octanol–water partition coefficient (Wildman–Crippen LogP) is 3.98. The van der Waals surface area contributed by atoms with Crippen LogP contribution >= 0.6 is 0 Å². The first-order chi connectivity index (χ1) is 14.4. The molecule has 1 aromatic heterocycles. The Morgan fingerprint density at radius 3 is 2.63 bits per heavy atom. The number of urea groups is 1. The summed E-state index contributed by atoms with van der Waals surface area (Å²) < 4.78 is 0. The lowest BCUT2D eigenvalue weighted by Crippen LogP contribution is -2.58. The molecule has 2 aliphatic rings. The van der Waals surface area contributed by atoms with Crippen molar-refractivity contribution in [2.75, 3.05) is 20.1 Å². The molecule has 0 bridgehead atoms. The zero-order valence-electron chi connectivity index (χ0n) is 18.2. The number of H-pyrrole nitrogens is 1. The van der Waals surface area contributed by atoms with Gasteiger partial charge in [0.05, 0.1) is 0 Å². The minimum Gasteiger partial charge on any atom is -0.367 e. The first-order valence-electron chi connectivity index (χ1n) is 10.8. The molecule has 4 amide bonds. The summed E-state index contributed by atoms with van der Waals surface area (Å²) in [6, 6.07) is 0.587. The lowest BCUT2D eigenvalue weighted by Gasteiger charge is -2.39. The lowest BCUT2D eigenvalue weighted by molar-refractivity contribution is -0.152. The number of aromatic nitrogens is 1. The van der Waals surface area contributed by atoms with E-state index in [2.05, 4.69) is 31.0 Å². The summed E-state index contributed by atoms with van der Waals surface area (Å²) in [5.74, 6) is -0.600. The molecule has 1 aliphatic carbocycles. The minimum absolute atomic E-state index is 0.220. The Morgan fingerprint density at radius 1 is 1.20 bits per heavy atom. The van der Waals surface area contributed by atoms with E-state index in [1.807, 2.05) is 0 Å². The van der Waals surface area contributed by atoms with Crippen LogP contribution < -0.4 is 0 Å². The number of rotatable bonds is 7. The van der Waals surface area contributed by atoms with Gasteiger partial charge in [-0.25, -0.2) is 4.79 Å². The van der Waals surface area contributed by atoms with Crippen LogP contribution in [0.2, 0.25) is 0 Å².